The summed E-state index contributed by atoms with van der Waals surface area (Å²) in [5.74, 6) is 0. The third-order valence-electron chi connectivity index (χ3n) is 6.26. The van der Waals surface area contributed by atoms with Gasteiger partial charge in [-0.15, -0.1) is 6.58 Å². The number of allylic oxidation sites excluding steroid dienone is 1. The third kappa shape index (κ3) is 105. The van der Waals surface area contributed by atoms with E-state index in [1.165, 1.54) is 41.8 Å². The second-order valence-corrected chi connectivity index (χ2v) is 22.0. The quantitative estimate of drug-likeness (QED) is 0.0331. The van der Waals surface area contributed by atoms with E-state index in [1.54, 1.807) is 6.08 Å². The predicted octanol–water partition coefficient (Wildman–Crippen LogP) is 2.45. The lowest BCUT2D eigenvalue weighted by molar-refractivity contribution is -0.117. The van der Waals surface area contributed by atoms with E-state index in [0.29, 0.717) is 45.2 Å². The van der Waals surface area contributed by atoms with Crippen LogP contribution in [0.2, 0.25) is 0 Å². The molecule has 0 aromatic carbocycles. The van der Waals surface area contributed by atoms with Crippen LogP contribution in [0.5, 0.6) is 0 Å². The van der Waals surface area contributed by atoms with Crippen LogP contribution in [0.25, 0.3) is 0 Å². The van der Waals surface area contributed by atoms with Gasteiger partial charge in [0.05, 0.1) is 57.7 Å². The van der Waals surface area contributed by atoms with Crippen molar-refractivity contribution in [2.45, 2.75) is 78.6 Å². The number of nitrogens with zero attached hydrogens (tertiary/aromatic N) is 3. The average molecular weight is 1060 g/mol. The first-order chi connectivity index (χ1) is 29.9. The van der Waals surface area contributed by atoms with Crippen molar-refractivity contribution in [3.63, 3.8) is 0 Å². The number of carbonyl (C=O) groups excluding carboxylic acids is 3. The minimum absolute atomic E-state index is 0.0476. The lowest BCUT2D eigenvalue weighted by Crippen LogP contribution is -2.21. The number of unbranched alkanes of at least 4 members (excludes halogenated alkanes) is 4. The maximum absolute atomic E-state index is 10.5. The standard InChI is InChI=1S/C10H16N2O2.C6H15N.2C6H14O6S2.C4H10O2.C4H6O.CH3ClO2S/c1-3-11(9-13)7-5-6-8-12(4-2)10-14;1-4-7(5-2)6-3;2*1-13(7,8)11-5-3-4-6-12-14(2,9)10;5-3-1-2-4-6;1-2-3-4-5;1-5(2,3)4/h3-4,9-10H,1-2,5-8H2;4-6H2,1-3H3;2*3-6H2,1-2H3;5-6H,1-4H2;2,4H,1,3H2;1H3. The molecule has 0 heterocycles. The zero-order chi connectivity index (χ0) is 52.4. The first-order valence-corrected chi connectivity index (χ1v) is 29.8. The summed E-state index contributed by atoms with van der Waals surface area (Å²) in [5, 5.41) is 16.2. The molecule has 0 radical (unpaired) electrons. The predicted molar refractivity (Wildman–Crippen MR) is 255 cm³/mol. The second-order valence-electron chi connectivity index (χ2n) is 12.4. The number of rotatable bonds is 31. The molecule has 0 aliphatic rings. The first-order valence-electron chi connectivity index (χ1n) is 19.8. The van der Waals surface area contributed by atoms with Crippen LogP contribution < -0.4 is 0 Å². The minimum Gasteiger partial charge on any atom is -0.396 e. The fraction of sp³-hybridized carbons (Fsp3) is 0.757. The lowest BCUT2D eigenvalue weighted by Gasteiger charge is -2.13. The summed E-state index contributed by atoms with van der Waals surface area (Å²) >= 11 is 0. The normalized spacial score (nSPS) is 10.8. The molecule has 0 aliphatic heterocycles. The maximum Gasteiger partial charge on any atom is 0.264 e. The number of hydrogen-bond acceptors (Lipinski definition) is 20. The Morgan fingerprint density at radius 3 is 0.846 bits per heavy atom. The molecule has 0 atom stereocenters. The molecule has 0 bridgehead atoms. The number of amides is 2. The molecule has 0 saturated carbocycles. The molecule has 0 aromatic heterocycles. The van der Waals surface area contributed by atoms with E-state index in [9.17, 15) is 56.5 Å². The summed E-state index contributed by atoms with van der Waals surface area (Å²) < 4.78 is 120. The molecule has 0 saturated heterocycles. The number of halogens is 1. The molecular formula is C37H78ClN3O19S5. The van der Waals surface area contributed by atoms with E-state index < -0.39 is 49.5 Å². The van der Waals surface area contributed by atoms with Gasteiger partial charge in [0, 0.05) is 43.4 Å². The van der Waals surface area contributed by atoms with Gasteiger partial charge < -0.3 is 29.7 Å². The Balaban J connectivity index is -0.000000126. The van der Waals surface area contributed by atoms with Gasteiger partial charge >= 0.3 is 0 Å². The van der Waals surface area contributed by atoms with Crippen LogP contribution in [-0.2, 0) is 80.6 Å². The van der Waals surface area contributed by atoms with Crippen molar-refractivity contribution in [3.8, 4) is 0 Å². The van der Waals surface area contributed by atoms with E-state index in [2.05, 4.69) is 72.8 Å². The number of carbonyl (C=O) groups is 3. The Bertz CT molecular complexity index is 1510. The Hall–Kier alpha value is -2.41. The largest absolute Gasteiger partial charge is 0.396 e. The zero-order valence-electron chi connectivity index (χ0n) is 39.3. The van der Waals surface area contributed by atoms with Crippen molar-refractivity contribution in [3.05, 3.63) is 38.2 Å². The molecule has 0 rings (SSSR count). The van der Waals surface area contributed by atoms with Crippen molar-refractivity contribution in [2.24, 2.45) is 0 Å². The van der Waals surface area contributed by atoms with Gasteiger partial charge in [-0.2, -0.15) is 33.7 Å². The molecular weight excluding hydrogens is 986 g/mol. The second kappa shape index (κ2) is 51.0. The molecule has 2 N–H and O–H groups in total. The van der Waals surface area contributed by atoms with Crippen LogP contribution >= 0.6 is 10.7 Å². The number of aldehydes is 1. The van der Waals surface area contributed by atoms with Gasteiger partial charge in [-0.3, -0.25) is 26.3 Å². The maximum atomic E-state index is 10.5. The minimum atomic E-state index is -3.40. The van der Waals surface area contributed by atoms with Gasteiger partial charge in [0.1, 0.15) is 6.29 Å². The fourth-order valence-corrected chi connectivity index (χ4v) is 4.86. The molecule has 0 spiro atoms. The average Bonchev–Trinajstić information content (AvgIpc) is 3.18. The van der Waals surface area contributed by atoms with Crippen LogP contribution in [0.4, 0.5) is 0 Å². The Kier molecular flexibility index (Phi) is 60.3. The summed E-state index contributed by atoms with van der Waals surface area (Å²) in [7, 11) is -12.3. The highest BCUT2D eigenvalue weighted by Gasteiger charge is 2.04. The Morgan fingerprint density at radius 1 is 0.492 bits per heavy atom. The molecule has 0 fully saturated rings. The van der Waals surface area contributed by atoms with Crippen LogP contribution in [-0.4, -0.2) is 190 Å². The van der Waals surface area contributed by atoms with Crippen molar-refractivity contribution >= 4 is 79.3 Å². The van der Waals surface area contributed by atoms with Crippen molar-refractivity contribution in [1.82, 2.24) is 14.7 Å². The van der Waals surface area contributed by atoms with Crippen molar-refractivity contribution in [1.29, 1.82) is 0 Å². The third-order valence-corrected chi connectivity index (χ3v) is 8.64. The first kappa shape index (κ1) is 76.8. The molecule has 0 aliphatic carbocycles. The molecule has 392 valence electrons. The topological polar surface area (TPSA) is 309 Å². The number of aliphatic hydroxyl groups is 2. The van der Waals surface area contributed by atoms with Crippen molar-refractivity contribution in [2.75, 3.05) is 104 Å². The van der Waals surface area contributed by atoms with Gasteiger partial charge in [-0.25, -0.2) is 8.42 Å². The van der Waals surface area contributed by atoms with E-state index in [1.807, 2.05) is 0 Å². The summed E-state index contributed by atoms with van der Waals surface area (Å²) in [5.41, 5.74) is 0. The van der Waals surface area contributed by atoms with E-state index in [0.717, 1.165) is 76.1 Å². The molecule has 2 amide bonds. The molecule has 0 unspecified atom stereocenters. The highest BCUT2D eigenvalue weighted by atomic mass is 35.7. The number of aliphatic hydroxyl groups excluding tert-OH is 2. The molecule has 0 aromatic rings. The highest BCUT2D eigenvalue weighted by Crippen LogP contribution is 1.99. The molecule has 65 heavy (non-hydrogen) atoms. The summed E-state index contributed by atoms with van der Waals surface area (Å²) in [6, 6.07) is 0. The summed E-state index contributed by atoms with van der Waals surface area (Å²) in [6.45, 7) is 22.3. The SMILES string of the molecule is C=CCC=O.C=CN(C=O)CCCCN(C=C)C=O.CCN(CC)CC.CS(=O)(=O)Cl.CS(=O)(=O)OCCCCOS(C)(=O)=O.CS(=O)(=O)OCCCCOS(C)(=O)=O.OCCCCO. The lowest BCUT2D eigenvalue weighted by atomic mass is 10.3. The highest BCUT2D eigenvalue weighted by molar-refractivity contribution is 8.13. The van der Waals surface area contributed by atoms with E-state index >= 15 is 0 Å². The van der Waals surface area contributed by atoms with Crippen LogP contribution in [0, 0.1) is 0 Å². The molecule has 22 nitrogen and oxygen atoms in total. The fourth-order valence-electron chi connectivity index (χ4n) is 3.17. The van der Waals surface area contributed by atoms with Gasteiger partial charge in [0.25, 0.3) is 40.5 Å². The van der Waals surface area contributed by atoms with Crippen molar-refractivity contribution < 1.29 is 83.4 Å². The van der Waals surface area contributed by atoms with Gasteiger partial charge in [0.2, 0.25) is 21.9 Å². The monoisotopic (exact) mass is 1060 g/mol. The van der Waals surface area contributed by atoms with Gasteiger partial charge in [0.15, 0.2) is 0 Å². The Labute approximate surface area is 395 Å². The van der Waals surface area contributed by atoms with Crippen LogP contribution in [0.1, 0.15) is 78.6 Å². The van der Waals surface area contributed by atoms with Gasteiger partial charge in [-0.05, 0) is 83.4 Å². The zero-order valence-corrected chi connectivity index (χ0v) is 44.2. The van der Waals surface area contributed by atoms with Crippen LogP contribution in [0.3, 0.4) is 0 Å². The van der Waals surface area contributed by atoms with Crippen LogP contribution in [0.15, 0.2) is 38.2 Å². The van der Waals surface area contributed by atoms with Gasteiger partial charge in [-0.1, -0.05) is 40.0 Å². The summed E-state index contributed by atoms with van der Waals surface area (Å²) in [4.78, 5) is 35.3. The Morgan fingerprint density at radius 2 is 0.738 bits per heavy atom. The molecule has 28 heteroatoms. The summed E-state index contributed by atoms with van der Waals surface area (Å²) in [6.07, 6.45) is 16.9. The van der Waals surface area contributed by atoms with E-state index in [-0.39, 0.29) is 39.6 Å². The van der Waals surface area contributed by atoms with E-state index in [4.69, 9.17) is 10.2 Å². The smallest absolute Gasteiger partial charge is 0.264 e. The number of hydrogen-bond donors (Lipinski definition) is 2.